The summed E-state index contributed by atoms with van der Waals surface area (Å²) in [6.07, 6.45) is 15.4. The Hall–Kier alpha value is -3.28. The zero-order valence-corrected chi connectivity index (χ0v) is 21.2. The van der Waals surface area contributed by atoms with E-state index in [2.05, 4.69) is 33.2 Å². The molecule has 0 aliphatic carbocycles. The molecule has 0 fully saturated rings. The van der Waals surface area contributed by atoms with Gasteiger partial charge in [-0.25, -0.2) is 19.2 Å². The van der Waals surface area contributed by atoms with Crippen LogP contribution >= 0.6 is 0 Å². The van der Waals surface area contributed by atoms with Crippen molar-refractivity contribution in [1.82, 2.24) is 0 Å². The van der Waals surface area contributed by atoms with Crippen molar-refractivity contribution in [3.63, 3.8) is 0 Å². The van der Waals surface area contributed by atoms with Gasteiger partial charge < -0.3 is 35.7 Å². The average Bonchev–Trinajstić information content (AvgIpc) is 2.81. The number of carboxylic acid groups (broad SMARTS) is 4. The number of carbonyl (C=O) groups is 4. The quantitative estimate of drug-likeness (QED) is 0.0933. The summed E-state index contributed by atoms with van der Waals surface area (Å²) in [5, 5.41) is 56.4. The third kappa shape index (κ3) is 86.4. The third-order valence-electron chi connectivity index (χ3n) is 3.56. The number of hydrogen-bond acceptors (Lipinski definition) is 7. The fourth-order valence-corrected chi connectivity index (χ4v) is 1.85. The van der Waals surface area contributed by atoms with Gasteiger partial charge in [0.2, 0.25) is 0 Å². The molecule has 0 amide bonds. The van der Waals surface area contributed by atoms with Crippen molar-refractivity contribution in [3.05, 3.63) is 50.6 Å². The minimum Gasteiger partial charge on any atom is -0.478 e. The smallest absolute Gasteiger partial charge is 0.327 e. The molecular weight excluding hydrogens is 476 g/mol. The molecule has 0 aromatic heterocycles. The predicted molar refractivity (Wildman–Crippen MR) is 137 cm³/mol. The SMILES string of the molecule is C=CC(=O)O.C=CC(=O)O.C=CC(=O)O.C=CC(=O)O.CCCCCCCCCCCCC(O)(O)O. The van der Waals surface area contributed by atoms with Crippen molar-refractivity contribution in [3.8, 4) is 0 Å². The van der Waals surface area contributed by atoms with E-state index in [0.717, 1.165) is 37.1 Å². The van der Waals surface area contributed by atoms with E-state index in [-0.39, 0.29) is 6.42 Å². The molecule has 210 valence electrons. The maximum absolute atomic E-state index is 9.25. The van der Waals surface area contributed by atoms with Crippen molar-refractivity contribution in [2.75, 3.05) is 0 Å². The fraction of sp³-hybridized carbons (Fsp3) is 0.520. The highest BCUT2D eigenvalue weighted by molar-refractivity contribution is 5.79. The van der Waals surface area contributed by atoms with E-state index in [0.29, 0.717) is 6.42 Å². The highest BCUT2D eigenvalue weighted by atomic mass is 16.7. The van der Waals surface area contributed by atoms with Gasteiger partial charge >= 0.3 is 23.9 Å². The highest BCUT2D eigenvalue weighted by Crippen LogP contribution is 2.13. The van der Waals surface area contributed by atoms with Crippen LogP contribution in [-0.4, -0.2) is 65.6 Å². The van der Waals surface area contributed by atoms with Crippen LogP contribution in [0.2, 0.25) is 0 Å². The topological polar surface area (TPSA) is 210 Å². The molecule has 0 saturated heterocycles. The molecule has 11 heteroatoms. The molecule has 0 saturated carbocycles. The third-order valence-corrected chi connectivity index (χ3v) is 3.56. The maximum Gasteiger partial charge on any atom is 0.327 e. The van der Waals surface area contributed by atoms with Gasteiger partial charge in [0.05, 0.1) is 0 Å². The first-order valence-electron chi connectivity index (χ1n) is 11.2. The first-order chi connectivity index (χ1) is 16.6. The molecule has 0 unspecified atom stereocenters. The van der Waals surface area contributed by atoms with Crippen LogP contribution in [0.5, 0.6) is 0 Å². The van der Waals surface area contributed by atoms with Crippen LogP contribution in [0.3, 0.4) is 0 Å². The Bertz CT molecular complexity index is 534. The van der Waals surface area contributed by atoms with Crippen molar-refractivity contribution in [2.24, 2.45) is 0 Å². The molecular formula is C25H44O11. The number of hydrogen-bond donors (Lipinski definition) is 7. The standard InChI is InChI=1S/C13H28O3.4C3H4O2/c1-2-3-4-5-6-7-8-9-10-11-12-13(14,15)16;4*1-2-3(4)5/h14-16H,2-12H2,1H3;4*2H,1H2,(H,4,5). The number of aliphatic carboxylic acids is 4. The van der Waals surface area contributed by atoms with Gasteiger partial charge in [0, 0.05) is 30.7 Å². The summed E-state index contributed by atoms with van der Waals surface area (Å²) in [4.78, 5) is 37.0. The van der Waals surface area contributed by atoms with E-state index in [4.69, 9.17) is 35.7 Å². The van der Waals surface area contributed by atoms with Gasteiger partial charge in [0.1, 0.15) is 0 Å². The highest BCUT2D eigenvalue weighted by Gasteiger charge is 2.16. The lowest BCUT2D eigenvalue weighted by atomic mass is 10.1. The Balaban J connectivity index is -0.000000131. The van der Waals surface area contributed by atoms with E-state index in [1.807, 2.05) is 0 Å². The Morgan fingerprint density at radius 2 is 0.722 bits per heavy atom. The lowest BCUT2D eigenvalue weighted by Crippen LogP contribution is -2.26. The van der Waals surface area contributed by atoms with E-state index in [9.17, 15) is 19.2 Å². The van der Waals surface area contributed by atoms with Crippen LogP contribution in [0.25, 0.3) is 0 Å². The second-order valence-electron chi connectivity index (χ2n) is 6.88. The number of rotatable bonds is 15. The Kier molecular flexibility index (Phi) is 40.3. The minimum atomic E-state index is -2.46. The number of aliphatic hydroxyl groups is 3. The van der Waals surface area contributed by atoms with Gasteiger partial charge in [0.25, 0.3) is 5.97 Å². The van der Waals surface area contributed by atoms with Crippen molar-refractivity contribution >= 4 is 23.9 Å². The normalized spacial score (nSPS) is 8.89. The van der Waals surface area contributed by atoms with Crippen LogP contribution in [0.4, 0.5) is 0 Å². The van der Waals surface area contributed by atoms with Gasteiger partial charge in [-0.15, -0.1) is 0 Å². The molecule has 0 rings (SSSR count). The molecule has 0 atom stereocenters. The van der Waals surface area contributed by atoms with Crippen molar-refractivity contribution < 1.29 is 54.9 Å². The van der Waals surface area contributed by atoms with Crippen molar-refractivity contribution in [2.45, 2.75) is 83.5 Å². The predicted octanol–water partition coefficient (Wildman–Crippen LogP) is 3.96. The van der Waals surface area contributed by atoms with Gasteiger partial charge in [-0.2, -0.15) is 0 Å². The Morgan fingerprint density at radius 1 is 0.528 bits per heavy atom. The summed E-state index contributed by atoms with van der Waals surface area (Å²) in [6.45, 7) is 14.1. The van der Waals surface area contributed by atoms with Crippen LogP contribution in [0.15, 0.2) is 50.6 Å². The van der Waals surface area contributed by atoms with Crippen LogP contribution < -0.4 is 0 Å². The Labute approximate surface area is 213 Å². The second kappa shape index (κ2) is 33.9. The number of carboxylic acids is 4. The van der Waals surface area contributed by atoms with E-state index in [1.54, 1.807) is 0 Å². The molecule has 0 bridgehead atoms. The molecule has 0 aromatic carbocycles. The molecule has 0 aromatic rings. The van der Waals surface area contributed by atoms with Gasteiger partial charge in [-0.05, 0) is 6.42 Å². The van der Waals surface area contributed by atoms with E-state index in [1.165, 1.54) is 44.9 Å². The van der Waals surface area contributed by atoms with Gasteiger partial charge in [-0.1, -0.05) is 91.0 Å². The lowest BCUT2D eigenvalue weighted by Gasteiger charge is -2.12. The zero-order chi connectivity index (χ0) is 29.4. The summed E-state index contributed by atoms with van der Waals surface area (Å²) in [5.41, 5.74) is 0. The van der Waals surface area contributed by atoms with Gasteiger partial charge in [0.15, 0.2) is 0 Å². The first kappa shape index (κ1) is 42.8. The molecule has 0 aliphatic rings. The monoisotopic (exact) mass is 520 g/mol. The average molecular weight is 521 g/mol. The van der Waals surface area contributed by atoms with Crippen molar-refractivity contribution in [1.29, 1.82) is 0 Å². The van der Waals surface area contributed by atoms with E-state index < -0.39 is 29.9 Å². The molecule has 36 heavy (non-hydrogen) atoms. The minimum absolute atomic E-state index is 0.0590. The largest absolute Gasteiger partial charge is 0.478 e. The fourth-order valence-electron chi connectivity index (χ4n) is 1.85. The number of unbranched alkanes of at least 4 members (excludes halogenated alkanes) is 9. The van der Waals surface area contributed by atoms with E-state index >= 15 is 0 Å². The molecule has 0 heterocycles. The second-order valence-corrected chi connectivity index (χ2v) is 6.88. The summed E-state index contributed by atoms with van der Waals surface area (Å²) in [7, 11) is 0. The zero-order valence-electron chi connectivity index (χ0n) is 21.2. The molecule has 11 nitrogen and oxygen atoms in total. The van der Waals surface area contributed by atoms with Crippen LogP contribution in [-0.2, 0) is 19.2 Å². The molecule has 0 spiro atoms. The summed E-state index contributed by atoms with van der Waals surface area (Å²) >= 11 is 0. The lowest BCUT2D eigenvalue weighted by molar-refractivity contribution is -0.315. The van der Waals surface area contributed by atoms with Gasteiger partial charge in [-0.3, -0.25) is 0 Å². The molecule has 7 N–H and O–H groups in total. The first-order valence-corrected chi connectivity index (χ1v) is 11.2. The molecule has 0 aliphatic heterocycles. The summed E-state index contributed by atoms with van der Waals surface area (Å²) < 4.78 is 0. The summed E-state index contributed by atoms with van der Waals surface area (Å²) in [5.74, 6) is -6.38. The van der Waals surface area contributed by atoms with Crippen LogP contribution in [0, 0.1) is 0 Å². The Morgan fingerprint density at radius 3 is 0.889 bits per heavy atom. The van der Waals surface area contributed by atoms with Crippen LogP contribution in [0.1, 0.15) is 77.6 Å². The maximum atomic E-state index is 9.25. The summed E-state index contributed by atoms with van der Waals surface area (Å²) in [6, 6.07) is 0. The molecule has 0 radical (unpaired) electrons.